The Labute approximate surface area is 144 Å². The van der Waals surface area contributed by atoms with Crippen molar-refractivity contribution in [2.24, 2.45) is 0 Å². The van der Waals surface area contributed by atoms with E-state index in [1.165, 1.54) is 12.1 Å². The summed E-state index contributed by atoms with van der Waals surface area (Å²) in [5.74, 6) is -3.85. The van der Waals surface area contributed by atoms with E-state index < -0.39 is 42.1 Å². The smallest absolute Gasteiger partial charge is 0.262 e. The fourth-order valence-electron chi connectivity index (χ4n) is 2.56. The molecule has 130 valence electrons. The summed E-state index contributed by atoms with van der Waals surface area (Å²) in [6.07, 6.45) is -0.528. The first kappa shape index (κ1) is 20.1. The Kier molecular flexibility index (Phi) is 6.35. The van der Waals surface area contributed by atoms with Crippen molar-refractivity contribution in [1.29, 1.82) is 0 Å². The lowest BCUT2D eigenvalue weighted by Crippen LogP contribution is -2.45. The van der Waals surface area contributed by atoms with E-state index in [1.807, 2.05) is 0 Å². The molecule has 0 aromatic heterocycles. The Morgan fingerprint density at radius 3 is 2.65 bits per heavy atom. The summed E-state index contributed by atoms with van der Waals surface area (Å²) in [6.45, 7) is 3.05. The third-order valence-corrected chi connectivity index (χ3v) is 4.09. The van der Waals surface area contributed by atoms with Crippen molar-refractivity contribution in [3.63, 3.8) is 0 Å². The molecule has 8 heteroatoms. The molecule has 2 N–H and O–H groups in total. The van der Waals surface area contributed by atoms with Gasteiger partial charge in [-0.3, -0.25) is 10.1 Å². The summed E-state index contributed by atoms with van der Waals surface area (Å²) in [5, 5.41) is 5.35. The normalized spacial score (nSPS) is 20.0. The second-order valence-corrected chi connectivity index (χ2v) is 6.60. The lowest BCUT2D eigenvalue weighted by atomic mass is 9.84. The summed E-state index contributed by atoms with van der Waals surface area (Å²) in [4.78, 5) is 11.9. The Morgan fingerprint density at radius 2 is 2.13 bits per heavy atom. The van der Waals surface area contributed by atoms with Gasteiger partial charge in [-0.2, -0.15) is 0 Å². The van der Waals surface area contributed by atoms with Crippen molar-refractivity contribution in [1.82, 2.24) is 10.6 Å². The molecular weight excluding hydrogens is 352 g/mol. The number of hydrogen-bond acceptors (Lipinski definition) is 2. The number of benzene rings is 1. The molecule has 2 rings (SSSR count). The molecule has 1 aromatic carbocycles. The maximum Gasteiger partial charge on any atom is 0.262 e. The molecule has 1 unspecified atom stereocenters. The van der Waals surface area contributed by atoms with Gasteiger partial charge >= 0.3 is 0 Å². The maximum absolute atomic E-state index is 14.0. The van der Waals surface area contributed by atoms with Crippen LogP contribution in [0.2, 0.25) is 5.02 Å². The molecule has 23 heavy (non-hydrogen) atoms. The van der Waals surface area contributed by atoms with Gasteiger partial charge in [-0.25, -0.2) is 13.2 Å². The SMILES string of the molecule is CC(C)(CNC(=O)C1CC(F)(F)CN1)c1c(F)cccc1Cl.Cl. The summed E-state index contributed by atoms with van der Waals surface area (Å²) in [5.41, 5.74) is -0.471. The van der Waals surface area contributed by atoms with Crippen molar-refractivity contribution in [2.45, 2.75) is 37.6 Å². The minimum Gasteiger partial charge on any atom is -0.354 e. The van der Waals surface area contributed by atoms with Crippen molar-refractivity contribution in [3.05, 3.63) is 34.6 Å². The van der Waals surface area contributed by atoms with Crippen molar-refractivity contribution in [3.8, 4) is 0 Å². The van der Waals surface area contributed by atoms with Crippen LogP contribution in [0.15, 0.2) is 18.2 Å². The topological polar surface area (TPSA) is 41.1 Å². The minimum absolute atomic E-state index is 0. The Bertz CT molecular complexity index is 562. The molecule has 0 radical (unpaired) electrons. The molecule has 1 aliphatic heterocycles. The molecule has 1 atom stereocenters. The molecule has 1 aliphatic rings. The molecule has 0 saturated carbocycles. The largest absolute Gasteiger partial charge is 0.354 e. The first-order valence-corrected chi connectivity index (χ1v) is 7.34. The molecule has 0 aliphatic carbocycles. The van der Waals surface area contributed by atoms with E-state index in [0.717, 1.165) is 0 Å². The zero-order valence-electron chi connectivity index (χ0n) is 12.8. The number of hydrogen-bond donors (Lipinski definition) is 2. The molecule has 1 saturated heterocycles. The highest BCUT2D eigenvalue weighted by atomic mass is 35.5. The van der Waals surface area contributed by atoms with Crippen LogP contribution in [0.25, 0.3) is 0 Å². The van der Waals surface area contributed by atoms with E-state index in [1.54, 1.807) is 19.9 Å². The van der Waals surface area contributed by atoms with E-state index in [2.05, 4.69) is 10.6 Å². The quantitative estimate of drug-likeness (QED) is 0.853. The number of rotatable bonds is 4. The van der Waals surface area contributed by atoms with E-state index in [4.69, 9.17) is 11.6 Å². The second kappa shape index (κ2) is 7.28. The summed E-state index contributed by atoms with van der Waals surface area (Å²) < 4.78 is 40.1. The first-order valence-electron chi connectivity index (χ1n) is 6.96. The molecule has 1 fully saturated rings. The summed E-state index contributed by atoms with van der Waals surface area (Å²) in [7, 11) is 0. The van der Waals surface area contributed by atoms with E-state index in [-0.39, 0.29) is 24.0 Å². The molecule has 1 heterocycles. The predicted molar refractivity (Wildman–Crippen MR) is 86.0 cm³/mol. The number of amides is 1. The van der Waals surface area contributed by atoms with Gasteiger partial charge in [-0.05, 0) is 12.1 Å². The van der Waals surface area contributed by atoms with Gasteiger partial charge in [-0.15, -0.1) is 12.4 Å². The van der Waals surface area contributed by atoms with Gasteiger partial charge < -0.3 is 5.32 Å². The van der Waals surface area contributed by atoms with Crippen LogP contribution < -0.4 is 10.6 Å². The van der Waals surface area contributed by atoms with Crippen molar-refractivity contribution < 1.29 is 18.0 Å². The summed E-state index contributed by atoms with van der Waals surface area (Å²) in [6, 6.07) is 3.44. The molecule has 3 nitrogen and oxygen atoms in total. The van der Waals surface area contributed by atoms with Gasteiger partial charge in [0.15, 0.2) is 0 Å². The second-order valence-electron chi connectivity index (χ2n) is 6.19. The first-order chi connectivity index (χ1) is 10.1. The lowest BCUT2D eigenvalue weighted by molar-refractivity contribution is -0.123. The van der Waals surface area contributed by atoms with Crippen LogP contribution in [0, 0.1) is 5.82 Å². The fourth-order valence-corrected chi connectivity index (χ4v) is 2.98. The van der Waals surface area contributed by atoms with Crippen LogP contribution in [-0.2, 0) is 10.2 Å². The molecule has 0 bridgehead atoms. The zero-order chi connectivity index (χ0) is 16.5. The van der Waals surface area contributed by atoms with Gasteiger partial charge in [0.05, 0.1) is 12.6 Å². The lowest BCUT2D eigenvalue weighted by Gasteiger charge is -2.27. The Hall–Kier alpha value is -0.980. The highest BCUT2D eigenvalue weighted by Crippen LogP contribution is 2.32. The third-order valence-electron chi connectivity index (χ3n) is 3.77. The van der Waals surface area contributed by atoms with Gasteiger partial charge in [0.25, 0.3) is 5.92 Å². The van der Waals surface area contributed by atoms with Crippen LogP contribution in [0.3, 0.4) is 0 Å². The van der Waals surface area contributed by atoms with Crippen molar-refractivity contribution in [2.75, 3.05) is 13.1 Å². The van der Waals surface area contributed by atoms with Gasteiger partial charge in [0.2, 0.25) is 5.91 Å². The van der Waals surface area contributed by atoms with E-state index >= 15 is 0 Å². The number of carbonyl (C=O) groups excluding carboxylic acids is 1. The molecular formula is C15H19Cl2F3N2O. The standard InChI is InChI=1S/C15H18ClF3N2O.ClH/c1-14(2,12-9(16)4-3-5-10(12)17)7-21-13(22)11-6-15(18,19)8-20-11;/h3-5,11,20H,6-8H2,1-2H3,(H,21,22);1H. The van der Waals surface area contributed by atoms with E-state index in [0.29, 0.717) is 5.56 Å². The average Bonchev–Trinajstić information content (AvgIpc) is 2.76. The van der Waals surface area contributed by atoms with Crippen LogP contribution in [-0.4, -0.2) is 31.0 Å². The van der Waals surface area contributed by atoms with Gasteiger partial charge in [-0.1, -0.05) is 31.5 Å². The van der Waals surface area contributed by atoms with Crippen LogP contribution in [0.1, 0.15) is 25.8 Å². The highest BCUT2D eigenvalue weighted by Gasteiger charge is 2.42. The minimum atomic E-state index is -2.87. The van der Waals surface area contributed by atoms with Crippen LogP contribution >= 0.6 is 24.0 Å². The maximum atomic E-state index is 14.0. The molecule has 1 aromatic rings. The third kappa shape index (κ3) is 4.75. The molecule has 1 amide bonds. The van der Waals surface area contributed by atoms with Crippen LogP contribution in [0.4, 0.5) is 13.2 Å². The Balaban J connectivity index is 0.00000264. The highest BCUT2D eigenvalue weighted by molar-refractivity contribution is 6.31. The Morgan fingerprint density at radius 1 is 1.48 bits per heavy atom. The number of nitrogens with one attached hydrogen (secondary N) is 2. The van der Waals surface area contributed by atoms with Gasteiger partial charge in [0, 0.05) is 29.0 Å². The van der Waals surface area contributed by atoms with Crippen LogP contribution in [0.5, 0.6) is 0 Å². The van der Waals surface area contributed by atoms with Gasteiger partial charge in [0.1, 0.15) is 5.82 Å². The number of alkyl halides is 2. The number of carbonyl (C=O) groups is 1. The van der Waals surface area contributed by atoms with E-state index in [9.17, 15) is 18.0 Å². The zero-order valence-corrected chi connectivity index (χ0v) is 14.3. The molecule has 0 spiro atoms. The van der Waals surface area contributed by atoms with Crippen molar-refractivity contribution >= 4 is 29.9 Å². The fraction of sp³-hybridized carbons (Fsp3) is 0.533. The monoisotopic (exact) mass is 370 g/mol. The number of halogens is 5. The average molecular weight is 371 g/mol. The predicted octanol–water partition coefficient (Wildman–Crippen LogP) is 3.29. The summed E-state index contributed by atoms with van der Waals surface area (Å²) >= 11 is 6.03.